The SMILES string of the molecule is O=C(Cn1[nH]c(=O)c2ccccc2c1=O)NCC1CCCCC1. The molecule has 2 aromatic rings. The Morgan fingerprint density at radius 2 is 1.83 bits per heavy atom. The first-order valence-corrected chi connectivity index (χ1v) is 8.14. The van der Waals surface area contributed by atoms with E-state index in [1.807, 2.05) is 0 Å². The lowest BCUT2D eigenvalue weighted by Gasteiger charge is -2.21. The second-order valence-corrected chi connectivity index (χ2v) is 6.19. The minimum Gasteiger partial charge on any atom is -0.354 e. The molecule has 23 heavy (non-hydrogen) atoms. The maximum atomic E-state index is 12.3. The number of benzene rings is 1. The highest BCUT2D eigenvalue weighted by atomic mass is 16.2. The highest BCUT2D eigenvalue weighted by Crippen LogP contribution is 2.22. The number of nitrogens with one attached hydrogen (secondary N) is 2. The van der Waals surface area contributed by atoms with Gasteiger partial charge in [-0.1, -0.05) is 31.4 Å². The van der Waals surface area contributed by atoms with Gasteiger partial charge < -0.3 is 5.32 Å². The Morgan fingerprint density at radius 3 is 2.57 bits per heavy atom. The zero-order valence-corrected chi connectivity index (χ0v) is 13.0. The molecule has 1 fully saturated rings. The number of rotatable bonds is 4. The molecule has 0 spiro atoms. The summed E-state index contributed by atoms with van der Waals surface area (Å²) < 4.78 is 1.08. The molecule has 1 aliphatic carbocycles. The summed E-state index contributed by atoms with van der Waals surface area (Å²) in [7, 11) is 0. The molecule has 1 heterocycles. The number of aromatic nitrogens is 2. The molecule has 1 aromatic heterocycles. The smallest absolute Gasteiger partial charge is 0.273 e. The van der Waals surface area contributed by atoms with E-state index in [9.17, 15) is 14.4 Å². The molecule has 0 unspecified atom stereocenters. The van der Waals surface area contributed by atoms with Gasteiger partial charge in [-0.05, 0) is 30.9 Å². The van der Waals surface area contributed by atoms with Gasteiger partial charge in [0.15, 0.2) is 0 Å². The van der Waals surface area contributed by atoms with Crippen molar-refractivity contribution < 1.29 is 4.79 Å². The van der Waals surface area contributed by atoms with Crippen LogP contribution in [0.2, 0.25) is 0 Å². The van der Waals surface area contributed by atoms with Crippen LogP contribution in [0, 0.1) is 5.92 Å². The Morgan fingerprint density at radius 1 is 1.13 bits per heavy atom. The number of nitrogens with zero attached hydrogens (tertiary/aromatic N) is 1. The number of carbonyl (C=O) groups is 1. The van der Waals surface area contributed by atoms with E-state index in [-0.39, 0.29) is 23.6 Å². The van der Waals surface area contributed by atoms with Crippen molar-refractivity contribution in [2.24, 2.45) is 5.92 Å². The molecule has 1 amide bonds. The predicted octanol–water partition coefficient (Wildman–Crippen LogP) is 1.39. The quantitative estimate of drug-likeness (QED) is 0.894. The molecule has 3 rings (SSSR count). The first-order chi connectivity index (χ1) is 11.1. The van der Waals surface area contributed by atoms with E-state index in [1.165, 1.54) is 19.3 Å². The van der Waals surface area contributed by atoms with Crippen LogP contribution < -0.4 is 16.4 Å². The average molecular weight is 315 g/mol. The van der Waals surface area contributed by atoms with Gasteiger partial charge in [-0.15, -0.1) is 0 Å². The normalized spacial score (nSPS) is 15.7. The molecule has 6 heteroatoms. The Kier molecular flexibility index (Phi) is 4.60. The molecule has 0 aliphatic heterocycles. The topological polar surface area (TPSA) is 84.0 Å². The third-order valence-electron chi connectivity index (χ3n) is 4.50. The summed E-state index contributed by atoms with van der Waals surface area (Å²) >= 11 is 0. The zero-order chi connectivity index (χ0) is 16.2. The summed E-state index contributed by atoms with van der Waals surface area (Å²) in [5, 5.41) is 6.02. The van der Waals surface area contributed by atoms with Crippen LogP contribution in [0.3, 0.4) is 0 Å². The number of carbonyl (C=O) groups excluding carboxylic acids is 1. The Labute approximate surface area is 133 Å². The van der Waals surface area contributed by atoms with Crippen LogP contribution in [0.25, 0.3) is 10.8 Å². The summed E-state index contributed by atoms with van der Waals surface area (Å²) in [6.07, 6.45) is 6.01. The molecule has 2 N–H and O–H groups in total. The van der Waals surface area contributed by atoms with Gasteiger partial charge in [-0.2, -0.15) is 0 Å². The molecular weight excluding hydrogens is 294 g/mol. The monoisotopic (exact) mass is 315 g/mol. The molecule has 122 valence electrons. The third kappa shape index (κ3) is 3.52. The number of aromatic amines is 1. The minimum absolute atomic E-state index is 0.161. The first-order valence-electron chi connectivity index (χ1n) is 8.14. The van der Waals surface area contributed by atoms with E-state index in [4.69, 9.17) is 0 Å². The summed E-state index contributed by atoms with van der Waals surface area (Å²) in [5.41, 5.74) is -0.715. The molecule has 1 saturated carbocycles. The maximum Gasteiger partial charge on any atom is 0.273 e. The van der Waals surface area contributed by atoms with Crippen molar-refractivity contribution >= 4 is 16.7 Å². The Hall–Kier alpha value is -2.37. The maximum absolute atomic E-state index is 12.3. The predicted molar refractivity (Wildman–Crippen MR) is 88.4 cm³/mol. The molecule has 0 radical (unpaired) electrons. The van der Waals surface area contributed by atoms with Gasteiger partial charge in [-0.3, -0.25) is 19.5 Å². The van der Waals surface area contributed by atoms with Crippen molar-refractivity contribution in [1.29, 1.82) is 0 Å². The lowest BCUT2D eigenvalue weighted by atomic mass is 9.89. The van der Waals surface area contributed by atoms with Gasteiger partial charge in [0, 0.05) is 6.54 Å². The number of hydrogen-bond donors (Lipinski definition) is 2. The Bertz CT molecular complexity index is 816. The van der Waals surface area contributed by atoms with E-state index >= 15 is 0 Å². The Balaban J connectivity index is 1.71. The second-order valence-electron chi connectivity index (χ2n) is 6.19. The summed E-state index contributed by atoms with van der Waals surface area (Å²) in [5.74, 6) is 0.281. The van der Waals surface area contributed by atoms with Gasteiger partial charge in [0.05, 0.1) is 10.8 Å². The van der Waals surface area contributed by atoms with Crippen LogP contribution in [-0.4, -0.2) is 22.2 Å². The zero-order valence-electron chi connectivity index (χ0n) is 13.0. The van der Waals surface area contributed by atoms with Crippen LogP contribution >= 0.6 is 0 Å². The van der Waals surface area contributed by atoms with E-state index in [0.717, 1.165) is 17.5 Å². The van der Waals surface area contributed by atoms with E-state index in [0.29, 0.717) is 23.2 Å². The van der Waals surface area contributed by atoms with E-state index in [1.54, 1.807) is 24.3 Å². The third-order valence-corrected chi connectivity index (χ3v) is 4.50. The number of amides is 1. The minimum atomic E-state index is -0.361. The lowest BCUT2D eigenvalue weighted by Crippen LogP contribution is -2.38. The number of fused-ring (bicyclic) bond motifs is 1. The lowest BCUT2D eigenvalue weighted by molar-refractivity contribution is -0.122. The van der Waals surface area contributed by atoms with Crippen molar-refractivity contribution in [1.82, 2.24) is 15.1 Å². The second kappa shape index (κ2) is 6.81. The molecule has 1 aliphatic rings. The molecule has 6 nitrogen and oxygen atoms in total. The van der Waals surface area contributed by atoms with Crippen molar-refractivity contribution in [2.75, 3.05) is 6.54 Å². The first kappa shape index (κ1) is 15.5. The van der Waals surface area contributed by atoms with Crippen molar-refractivity contribution in [3.63, 3.8) is 0 Å². The van der Waals surface area contributed by atoms with E-state index < -0.39 is 0 Å². The molecule has 0 bridgehead atoms. The van der Waals surface area contributed by atoms with Crippen molar-refractivity contribution in [3.8, 4) is 0 Å². The number of hydrogen-bond acceptors (Lipinski definition) is 3. The number of H-pyrrole nitrogens is 1. The molecule has 0 atom stereocenters. The fraction of sp³-hybridized carbons (Fsp3) is 0.471. The molecule has 1 aromatic carbocycles. The van der Waals surface area contributed by atoms with Crippen LogP contribution in [0.15, 0.2) is 33.9 Å². The van der Waals surface area contributed by atoms with Gasteiger partial charge >= 0.3 is 0 Å². The van der Waals surface area contributed by atoms with Crippen LogP contribution in [0.1, 0.15) is 32.1 Å². The highest BCUT2D eigenvalue weighted by molar-refractivity contribution is 5.81. The summed E-state index contributed by atoms with van der Waals surface area (Å²) in [6, 6.07) is 6.61. The fourth-order valence-corrected chi connectivity index (χ4v) is 3.21. The highest BCUT2D eigenvalue weighted by Gasteiger charge is 2.15. The van der Waals surface area contributed by atoms with Gasteiger partial charge in [0.1, 0.15) is 6.54 Å². The van der Waals surface area contributed by atoms with Crippen LogP contribution in [0.4, 0.5) is 0 Å². The van der Waals surface area contributed by atoms with Crippen LogP contribution in [0.5, 0.6) is 0 Å². The summed E-state index contributed by atoms with van der Waals surface area (Å²) in [4.78, 5) is 36.4. The van der Waals surface area contributed by atoms with Gasteiger partial charge in [-0.25, -0.2) is 4.68 Å². The van der Waals surface area contributed by atoms with Crippen molar-refractivity contribution in [2.45, 2.75) is 38.6 Å². The average Bonchev–Trinajstić information content (AvgIpc) is 2.59. The largest absolute Gasteiger partial charge is 0.354 e. The standard InChI is InChI=1S/C17H21N3O3/c21-15(18-10-12-6-2-1-3-7-12)11-20-17(23)14-9-5-4-8-13(14)16(22)19-20/h4-5,8-9,12H,1-3,6-7,10-11H2,(H,18,21)(H,19,22). The van der Waals surface area contributed by atoms with Crippen molar-refractivity contribution in [3.05, 3.63) is 45.0 Å². The van der Waals surface area contributed by atoms with E-state index in [2.05, 4.69) is 10.4 Å². The molecular formula is C17H21N3O3. The molecule has 0 saturated heterocycles. The van der Waals surface area contributed by atoms with Gasteiger partial charge in [0.25, 0.3) is 11.1 Å². The van der Waals surface area contributed by atoms with Crippen LogP contribution in [-0.2, 0) is 11.3 Å². The van der Waals surface area contributed by atoms with Gasteiger partial charge in [0.2, 0.25) is 5.91 Å². The fourth-order valence-electron chi connectivity index (χ4n) is 3.21. The summed E-state index contributed by atoms with van der Waals surface area (Å²) in [6.45, 7) is 0.483.